The van der Waals surface area contributed by atoms with Crippen LogP contribution in [0.2, 0.25) is 0 Å². The number of benzene rings is 2. The Bertz CT molecular complexity index is 937. The minimum absolute atomic E-state index is 0.0612. The molecule has 0 saturated heterocycles. The number of hydroxylamine groups is 2. The van der Waals surface area contributed by atoms with Gasteiger partial charge in [0.1, 0.15) is 0 Å². The summed E-state index contributed by atoms with van der Waals surface area (Å²) in [6.45, 7) is 5.24. The molecule has 0 aromatic heterocycles. The SMILES string of the molecule is CCCCCCCCCCCCNC(=O)c1ccc(CN(Cc2ccc(I)cc2)OC(C)=O)c(Br)c1. The lowest BCUT2D eigenvalue weighted by molar-refractivity contribution is -0.194. The molecular weight excluding hydrogens is 631 g/mol. The number of hydrogen-bond acceptors (Lipinski definition) is 4. The fourth-order valence-electron chi connectivity index (χ4n) is 4.02. The number of unbranched alkanes of at least 4 members (excludes halogenated alkanes) is 9. The minimum Gasteiger partial charge on any atom is -0.368 e. The summed E-state index contributed by atoms with van der Waals surface area (Å²) in [7, 11) is 0. The highest BCUT2D eigenvalue weighted by Gasteiger charge is 2.15. The van der Waals surface area contributed by atoms with Crippen LogP contribution in [-0.4, -0.2) is 23.5 Å². The standard InChI is InChI=1S/C29H40BrIN2O3/c1-3-4-5-6-7-8-9-10-11-12-19-32-29(35)25-15-16-26(28(30)20-25)22-33(36-23(2)34)21-24-13-17-27(31)18-14-24/h13-18,20H,3-12,19,21-22H2,1-2H3,(H,32,35). The number of rotatable bonds is 17. The molecule has 0 aliphatic heterocycles. The van der Waals surface area contributed by atoms with Gasteiger partial charge >= 0.3 is 5.97 Å². The van der Waals surface area contributed by atoms with Crippen LogP contribution in [0.4, 0.5) is 0 Å². The summed E-state index contributed by atoms with van der Waals surface area (Å²) in [5.74, 6) is -0.423. The van der Waals surface area contributed by atoms with Crippen molar-refractivity contribution < 1.29 is 14.4 Å². The largest absolute Gasteiger partial charge is 0.368 e. The quantitative estimate of drug-likeness (QED) is 0.105. The van der Waals surface area contributed by atoms with Gasteiger partial charge in [0.05, 0.1) is 13.1 Å². The van der Waals surface area contributed by atoms with Gasteiger partial charge in [-0.1, -0.05) is 98.8 Å². The van der Waals surface area contributed by atoms with Gasteiger partial charge < -0.3 is 10.2 Å². The van der Waals surface area contributed by atoms with Crippen LogP contribution in [0, 0.1) is 3.57 Å². The van der Waals surface area contributed by atoms with E-state index in [0.29, 0.717) is 25.2 Å². The molecule has 0 aliphatic carbocycles. The third-order valence-electron chi connectivity index (χ3n) is 6.01. The van der Waals surface area contributed by atoms with Crippen LogP contribution in [0.1, 0.15) is 99.5 Å². The molecule has 0 unspecified atom stereocenters. The lowest BCUT2D eigenvalue weighted by atomic mass is 10.1. The Kier molecular flexibility index (Phi) is 15.3. The molecule has 0 aliphatic rings. The number of carbonyl (C=O) groups excluding carboxylic acids is 2. The Hall–Kier alpha value is -1.45. The second kappa shape index (κ2) is 17.9. The van der Waals surface area contributed by atoms with E-state index >= 15 is 0 Å². The van der Waals surface area contributed by atoms with Crippen LogP contribution in [0.5, 0.6) is 0 Å². The van der Waals surface area contributed by atoms with Gasteiger partial charge in [-0.25, -0.2) is 0 Å². The third-order valence-corrected chi connectivity index (χ3v) is 7.47. The Morgan fingerprint density at radius 1 is 0.889 bits per heavy atom. The summed E-state index contributed by atoms with van der Waals surface area (Å²) in [5, 5.41) is 4.67. The highest BCUT2D eigenvalue weighted by atomic mass is 127. The van der Waals surface area contributed by atoms with E-state index in [4.69, 9.17) is 4.84 Å². The molecule has 7 heteroatoms. The third kappa shape index (κ3) is 12.7. The van der Waals surface area contributed by atoms with Gasteiger partial charge in [0.2, 0.25) is 0 Å². The second-order valence-electron chi connectivity index (χ2n) is 9.25. The first-order valence-electron chi connectivity index (χ1n) is 13.1. The summed E-state index contributed by atoms with van der Waals surface area (Å²) in [5.41, 5.74) is 2.61. The van der Waals surface area contributed by atoms with E-state index in [2.05, 4.69) is 50.8 Å². The summed E-state index contributed by atoms with van der Waals surface area (Å²) >= 11 is 5.86. The van der Waals surface area contributed by atoms with Crippen molar-refractivity contribution in [3.8, 4) is 0 Å². The van der Waals surface area contributed by atoms with Crippen LogP contribution < -0.4 is 5.32 Å². The molecule has 1 amide bonds. The predicted octanol–water partition coefficient (Wildman–Crippen LogP) is 8.18. The molecule has 0 atom stereocenters. The molecule has 0 radical (unpaired) electrons. The van der Waals surface area contributed by atoms with Crippen molar-refractivity contribution in [1.29, 1.82) is 0 Å². The summed E-state index contributed by atoms with van der Waals surface area (Å²) < 4.78 is 1.97. The van der Waals surface area contributed by atoms with E-state index in [1.807, 2.05) is 42.5 Å². The summed E-state index contributed by atoms with van der Waals surface area (Å²) in [6, 6.07) is 13.7. The maximum atomic E-state index is 12.6. The van der Waals surface area contributed by atoms with Crippen LogP contribution in [0.3, 0.4) is 0 Å². The van der Waals surface area contributed by atoms with Gasteiger partial charge in [0.25, 0.3) is 5.91 Å². The summed E-state index contributed by atoms with van der Waals surface area (Å²) in [6.07, 6.45) is 12.8. The minimum atomic E-state index is -0.361. The van der Waals surface area contributed by atoms with E-state index in [1.54, 1.807) is 5.06 Å². The van der Waals surface area contributed by atoms with Crippen molar-refractivity contribution in [1.82, 2.24) is 10.4 Å². The first kappa shape index (κ1) is 30.8. The Balaban J connectivity index is 1.76. The normalized spacial score (nSPS) is 11.0. The molecule has 0 spiro atoms. The Morgan fingerprint density at radius 3 is 2.08 bits per heavy atom. The van der Waals surface area contributed by atoms with Gasteiger partial charge in [0.15, 0.2) is 0 Å². The maximum absolute atomic E-state index is 12.6. The van der Waals surface area contributed by atoms with E-state index < -0.39 is 0 Å². The van der Waals surface area contributed by atoms with Gasteiger partial charge in [-0.05, 0) is 64.4 Å². The smallest absolute Gasteiger partial charge is 0.322 e. The van der Waals surface area contributed by atoms with Gasteiger partial charge in [0, 0.05) is 27.1 Å². The molecule has 36 heavy (non-hydrogen) atoms. The monoisotopic (exact) mass is 670 g/mol. The fraction of sp³-hybridized carbons (Fsp3) is 0.517. The molecule has 0 saturated carbocycles. The van der Waals surface area contributed by atoms with E-state index in [1.165, 1.54) is 58.3 Å². The molecule has 1 N–H and O–H groups in total. The zero-order valence-electron chi connectivity index (χ0n) is 21.7. The molecule has 0 fully saturated rings. The Labute approximate surface area is 239 Å². The first-order chi connectivity index (χ1) is 17.4. The van der Waals surface area contributed by atoms with Crippen molar-refractivity contribution in [2.75, 3.05) is 6.54 Å². The lowest BCUT2D eigenvalue weighted by Gasteiger charge is -2.21. The molecule has 2 rings (SSSR count). The summed E-state index contributed by atoms with van der Waals surface area (Å²) in [4.78, 5) is 29.7. The second-order valence-corrected chi connectivity index (χ2v) is 11.4. The number of amides is 1. The number of hydrogen-bond donors (Lipinski definition) is 1. The average molecular weight is 671 g/mol. The predicted molar refractivity (Wildman–Crippen MR) is 158 cm³/mol. The highest BCUT2D eigenvalue weighted by Crippen LogP contribution is 2.22. The first-order valence-corrected chi connectivity index (χ1v) is 15.0. The van der Waals surface area contributed by atoms with E-state index in [0.717, 1.165) is 32.0 Å². The van der Waals surface area contributed by atoms with Crippen molar-refractivity contribution in [2.45, 2.75) is 91.1 Å². The average Bonchev–Trinajstić information content (AvgIpc) is 2.84. The molecule has 2 aromatic rings. The highest BCUT2D eigenvalue weighted by molar-refractivity contribution is 14.1. The van der Waals surface area contributed by atoms with E-state index in [9.17, 15) is 9.59 Å². The molecule has 5 nitrogen and oxygen atoms in total. The molecule has 2 aromatic carbocycles. The molecule has 0 bridgehead atoms. The Morgan fingerprint density at radius 2 is 1.50 bits per heavy atom. The van der Waals surface area contributed by atoms with Gasteiger partial charge in [-0.3, -0.25) is 9.59 Å². The van der Waals surface area contributed by atoms with Gasteiger partial charge in [-0.2, -0.15) is 0 Å². The molecule has 198 valence electrons. The van der Waals surface area contributed by atoms with Crippen molar-refractivity contribution in [3.63, 3.8) is 0 Å². The van der Waals surface area contributed by atoms with Crippen LogP contribution in [0.25, 0.3) is 0 Å². The van der Waals surface area contributed by atoms with E-state index in [-0.39, 0.29) is 11.9 Å². The topological polar surface area (TPSA) is 58.6 Å². The van der Waals surface area contributed by atoms with Crippen LogP contribution >= 0.6 is 38.5 Å². The number of nitrogens with one attached hydrogen (secondary N) is 1. The van der Waals surface area contributed by atoms with Gasteiger partial charge in [-0.15, -0.1) is 5.06 Å². The lowest BCUT2D eigenvalue weighted by Crippen LogP contribution is -2.26. The van der Waals surface area contributed by atoms with Crippen molar-refractivity contribution in [3.05, 3.63) is 67.2 Å². The number of halogens is 2. The zero-order chi connectivity index (χ0) is 26.2. The number of nitrogens with zero attached hydrogens (tertiary/aromatic N) is 1. The van der Waals surface area contributed by atoms with Crippen molar-refractivity contribution in [2.24, 2.45) is 0 Å². The maximum Gasteiger partial charge on any atom is 0.322 e. The fourth-order valence-corrected chi connectivity index (χ4v) is 4.88. The molecular formula is C29H40BrIN2O3. The molecule has 0 heterocycles. The van der Waals surface area contributed by atoms with Crippen LogP contribution in [-0.2, 0) is 22.7 Å². The zero-order valence-corrected chi connectivity index (χ0v) is 25.4. The number of carbonyl (C=O) groups is 2. The van der Waals surface area contributed by atoms with Crippen LogP contribution in [0.15, 0.2) is 46.9 Å². The van der Waals surface area contributed by atoms with Crippen molar-refractivity contribution >= 4 is 50.4 Å².